The van der Waals surface area contributed by atoms with Gasteiger partial charge in [-0.25, -0.2) is 0 Å². The third-order valence-corrected chi connectivity index (χ3v) is 8.14. The van der Waals surface area contributed by atoms with Crippen molar-refractivity contribution < 1.29 is 0 Å². The molecular weight excluding hydrogens is 488 g/mol. The van der Waals surface area contributed by atoms with Crippen LogP contribution in [0.15, 0.2) is 126 Å². The Balaban J connectivity index is 1.52. The Morgan fingerprint density at radius 1 is 0.543 bits per heavy atom. The summed E-state index contributed by atoms with van der Waals surface area (Å²) in [6.07, 6.45) is 0.988. The van der Waals surface area contributed by atoms with Gasteiger partial charge in [0.15, 0.2) is 0 Å². The minimum atomic E-state index is 0.304. The highest BCUT2D eigenvalue weighted by molar-refractivity contribution is 9.10. The van der Waals surface area contributed by atoms with E-state index in [9.17, 15) is 0 Å². The Bertz CT molecular complexity index is 1730. The summed E-state index contributed by atoms with van der Waals surface area (Å²) in [4.78, 5) is 0. The van der Waals surface area contributed by atoms with Crippen LogP contribution in [0.2, 0.25) is 0 Å². The summed E-state index contributed by atoms with van der Waals surface area (Å²) < 4.78 is 1.17. The van der Waals surface area contributed by atoms with Gasteiger partial charge < -0.3 is 0 Å². The molecular formula is C34H23Br. The molecule has 0 radical (unpaired) electrons. The smallest absolute Gasteiger partial charge is 0.0256 e. The molecule has 166 valence electrons. The van der Waals surface area contributed by atoms with Crippen molar-refractivity contribution in [1.29, 1.82) is 0 Å². The first-order valence-corrected chi connectivity index (χ1v) is 12.9. The monoisotopic (exact) mass is 510 g/mol. The highest BCUT2D eigenvalue weighted by Crippen LogP contribution is 2.50. The van der Waals surface area contributed by atoms with Gasteiger partial charge in [-0.1, -0.05) is 131 Å². The van der Waals surface area contributed by atoms with Gasteiger partial charge in [0.2, 0.25) is 0 Å². The average molecular weight is 511 g/mol. The molecule has 0 bridgehead atoms. The van der Waals surface area contributed by atoms with E-state index in [0.29, 0.717) is 5.92 Å². The van der Waals surface area contributed by atoms with Gasteiger partial charge >= 0.3 is 0 Å². The van der Waals surface area contributed by atoms with Crippen LogP contribution >= 0.6 is 15.9 Å². The highest BCUT2D eigenvalue weighted by Gasteiger charge is 2.29. The summed E-state index contributed by atoms with van der Waals surface area (Å²) in [6.45, 7) is 0. The van der Waals surface area contributed by atoms with Crippen LogP contribution in [0.1, 0.15) is 22.6 Å². The number of hydrogen-bond donors (Lipinski definition) is 0. The maximum absolute atomic E-state index is 3.88. The zero-order valence-corrected chi connectivity index (χ0v) is 20.8. The second-order valence-corrected chi connectivity index (χ2v) is 10.3. The number of hydrogen-bond acceptors (Lipinski definition) is 0. The molecule has 0 saturated carbocycles. The molecule has 0 aliphatic heterocycles. The molecule has 0 nitrogen and oxygen atoms in total. The Kier molecular flexibility index (Phi) is 4.85. The van der Waals surface area contributed by atoms with Crippen LogP contribution in [0.4, 0.5) is 0 Å². The van der Waals surface area contributed by atoms with Crippen LogP contribution in [0.5, 0.6) is 0 Å². The van der Waals surface area contributed by atoms with Gasteiger partial charge in [-0.2, -0.15) is 0 Å². The van der Waals surface area contributed by atoms with Gasteiger partial charge in [0.1, 0.15) is 0 Å². The third kappa shape index (κ3) is 3.34. The lowest BCUT2D eigenvalue weighted by Crippen LogP contribution is -2.13. The second kappa shape index (κ2) is 8.22. The molecule has 1 unspecified atom stereocenters. The van der Waals surface area contributed by atoms with Crippen molar-refractivity contribution in [2.75, 3.05) is 0 Å². The van der Waals surface area contributed by atoms with Gasteiger partial charge in [-0.3, -0.25) is 0 Å². The van der Waals surface area contributed by atoms with Crippen LogP contribution in [0.25, 0.3) is 43.8 Å². The van der Waals surface area contributed by atoms with E-state index >= 15 is 0 Å². The zero-order valence-electron chi connectivity index (χ0n) is 19.2. The van der Waals surface area contributed by atoms with Crippen molar-refractivity contribution in [3.63, 3.8) is 0 Å². The summed E-state index contributed by atoms with van der Waals surface area (Å²) in [5.74, 6) is 0.304. The second-order valence-electron chi connectivity index (χ2n) is 9.44. The van der Waals surface area contributed by atoms with E-state index in [-0.39, 0.29) is 0 Å². The van der Waals surface area contributed by atoms with Crippen LogP contribution in [-0.2, 0) is 6.42 Å². The van der Waals surface area contributed by atoms with Gasteiger partial charge in [0.25, 0.3) is 0 Å². The zero-order chi connectivity index (χ0) is 23.4. The summed E-state index contributed by atoms with van der Waals surface area (Å²) >= 11 is 3.88. The van der Waals surface area contributed by atoms with Gasteiger partial charge in [0, 0.05) is 10.4 Å². The first-order valence-electron chi connectivity index (χ1n) is 12.2. The normalized spacial score (nSPS) is 14.6. The Hall–Kier alpha value is -3.68. The number of fused-ring (bicyclic) bond motifs is 7. The molecule has 7 rings (SSSR count). The molecule has 0 aromatic heterocycles. The molecule has 0 spiro atoms. The van der Waals surface area contributed by atoms with Crippen LogP contribution in [0, 0.1) is 0 Å². The number of halogens is 1. The Morgan fingerprint density at radius 3 is 2.11 bits per heavy atom. The van der Waals surface area contributed by atoms with E-state index in [2.05, 4.69) is 137 Å². The molecule has 1 aliphatic carbocycles. The summed E-state index contributed by atoms with van der Waals surface area (Å²) in [6, 6.07) is 44.5. The standard InChI is InChI=1S/C34H23Br/c35-32-21-26-20-31(25-13-8-12-24(19-25)22-9-2-1-3-10-22)30-18-17-23-11-4-5-14-27(23)34(30)33(26)29-16-7-6-15-28(29)32/h1-19,21,31H,20H2. The lowest BCUT2D eigenvalue weighted by Gasteiger charge is -2.31. The van der Waals surface area contributed by atoms with Crippen molar-refractivity contribution in [3.05, 3.63) is 142 Å². The van der Waals surface area contributed by atoms with Crippen LogP contribution in [0.3, 0.4) is 0 Å². The van der Waals surface area contributed by atoms with Crippen LogP contribution < -0.4 is 0 Å². The first kappa shape index (κ1) is 20.7. The van der Waals surface area contributed by atoms with E-state index < -0.39 is 0 Å². The fraction of sp³-hybridized carbons (Fsp3) is 0.0588. The number of benzene rings is 6. The quantitative estimate of drug-likeness (QED) is 0.217. The predicted octanol–water partition coefficient (Wildman–Crippen LogP) is 9.78. The van der Waals surface area contributed by atoms with E-state index in [4.69, 9.17) is 0 Å². The van der Waals surface area contributed by atoms with Crippen molar-refractivity contribution in [2.24, 2.45) is 0 Å². The van der Waals surface area contributed by atoms with Gasteiger partial charge in [0.05, 0.1) is 0 Å². The molecule has 6 aromatic rings. The minimum Gasteiger partial charge on any atom is -0.0622 e. The van der Waals surface area contributed by atoms with Crippen molar-refractivity contribution in [2.45, 2.75) is 12.3 Å². The number of rotatable bonds is 2. The molecule has 35 heavy (non-hydrogen) atoms. The van der Waals surface area contributed by atoms with Gasteiger partial charge in [-0.15, -0.1) is 0 Å². The van der Waals surface area contributed by atoms with E-state index in [0.717, 1.165) is 6.42 Å². The topological polar surface area (TPSA) is 0 Å². The van der Waals surface area contributed by atoms with Crippen LogP contribution in [-0.4, -0.2) is 0 Å². The van der Waals surface area contributed by atoms with E-state index in [1.807, 2.05) is 0 Å². The van der Waals surface area contributed by atoms with Crippen molar-refractivity contribution in [3.8, 4) is 22.3 Å². The largest absolute Gasteiger partial charge is 0.0622 e. The van der Waals surface area contributed by atoms with Crippen molar-refractivity contribution in [1.82, 2.24) is 0 Å². The summed E-state index contributed by atoms with van der Waals surface area (Å²) in [5.41, 5.74) is 9.53. The maximum atomic E-state index is 3.88. The molecule has 1 aliphatic rings. The Labute approximate surface area is 214 Å². The summed E-state index contributed by atoms with van der Waals surface area (Å²) in [5, 5.41) is 5.23. The summed E-state index contributed by atoms with van der Waals surface area (Å²) in [7, 11) is 0. The third-order valence-electron chi connectivity index (χ3n) is 7.48. The van der Waals surface area contributed by atoms with E-state index in [1.165, 1.54) is 65.0 Å². The fourth-order valence-electron chi connectivity index (χ4n) is 5.89. The molecule has 0 fully saturated rings. The van der Waals surface area contributed by atoms with Crippen molar-refractivity contribution >= 4 is 37.5 Å². The molecule has 0 amide bonds. The lowest BCUT2D eigenvalue weighted by atomic mass is 9.72. The molecule has 0 N–H and O–H groups in total. The van der Waals surface area contributed by atoms with E-state index in [1.54, 1.807) is 0 Å². The first-order chi connectivity index (χ1) is 17.3. The fourth-order valence-corrected chi connectivity index (χ4v) is 6.51. The SMILES string of the molecule is Brc1cc2c(c3ccccc13)-c1c(ccc3ccccc13)C(c1cccc(-c3ccccc3)c1)C2. The molecule has 0 heterocycles. The average Bonchev–Trinajstić information content (AvgIpc) is 2.93. The minimum absolute atomic E-state index is 0.304. The predicted molar refractivity (Wildman–Crippen MR) is 152 cm³/mol. The maximum Gasteiger partial charge on any atom is 0.0256 e. The molecule has 1 atom stereocenters. The Morgan fingerprint density at radius 2 is 1.26 bits per heavy atom. The highest BCUT2D eigenvalue weighted by atomic mass is 79.9. The molecule has 1 heteroatoms. The van der Waals surface area contributed by atoms with Gasteiger partial charge in [-0.05, 0) is 73.0 Å². The molecule has 0 saturated heterocycles. The molecule has 6 aromatic carbocycles. The lowest BCUT2D eigenvalue weighted by molar-refractivity contribution is 0.797.